The van der Waals surface area contributed by atoms with E-state index >= 15 is 0 Å². The van der Waals surface area contributed by atoms with Gasteiger partial charge in [-0.15, -0.1) is 10.2 Å². The van der Waals surface area contributed by atoms with Gasteiger partial charge in [0.25, 0.3) is 30.4 Å². The Hall–Kier alpha value is -5.89. The van der Waals surface area contributed by atoms with Crippen molar-refractivity contribution in [2.24, 2.45) is 20.5 Å². The average molecular weight is 759 g/mol. The van der Waals surface area contributed by atoms with Crippen LogP contribution in [0, 0.1) is 0 Å². The maximum absolute atomic E-state index is 12.3. The fourth-order valence-corrected chi connectivity index (χ4v) is 6.89. The maximum Gasteiger partial charge on any atom is 0.295 e. The summed E-state index contributed by atoms with van der Waals surface area (Å²) in [6.07, 6.45) is 3.07. The molecule has 0 spiro atoms. The minimum absolute atomic E-state index is 0.0542. The van der Waals surface area contributed by atoms with Crippen molar-refractivity contribution in [3.63, 3.8) is 0 Å². The first kappa shape index (κ1) is 35.9. The highest BCUT2D eigenvalue weighted by molar-refractivity contribution is 7.86. The fourth-order valence-electron chi connectivity index (χ4n) is 5.17. The van der Waals surface area contributed by atoms with Crippen LogP contribution >= 0.6 is 0 Å². The predicted octanol–water partition coefficient (Wildman–Crippen LogP) is 7.90. The van der Waals surface area contributed by atoms with E-state index in [1.807, 2.05) is 0 Å². The number of fused-ring (bicyclic) bond motifs is 2. The lowest BCUT2D eigenvalue weighted by Crippen LogP contribution is -2.00. The van der Waals surface area contributed by atoms with E-state index in [0.717, 1.165) is 6.07 Å². The Morgan fingerprint density at radius 3 is 1.42 bits per heavy atom. The van der Waals surface area contributed by atoms with Crippen molar-refractivity contribution in [1.29, 1.82) is 0 Å². The highest BCUT2D eigenvalue weighted by Crippen LogP contribution is 2.35. The van der Waals surface area contributed by atoms with Crippen LogP contribution in [0.1, 0.15) is 11.1 Å². The zero-order chi connectivity index (χ0) is 37.4. The number of anilines is 2. The standard InChI is InChI=1S/C34H26N6O9S3/c35-30-13-15-32(28-18-24(50(41,42)43)9-11-26(28)30)39-37-22-6-2-20(3-7-22)1-4-21-5-8-23(17-34(21)52(47,48)49)38-40-33-16-14-31(36)27-12-10-25(19-29(27)33)51(44,45)46/h1-19H,35-36H2,(H,41,42,43)(H,44,45,46)(H,47,48,49)/b4-1+,39-37?,40-38?. The molecule has 0 saturated carbocycles. The van der Waals surface area contributed by atoms with Crippen LogP contribution in [0.25, 0.3) is 33.7 Å². The van der Waals surface area contributed by atoms with Crippen molar-refractivity contribution in [2.75, 3.05) is 11.5 Å². The molecule has 0 unspecified atom stereocenters. The number of rotatable bonds is 9. The summed E-state index contributed by atoms with van der Waals surface area (Å²) in [5.41, 5.74) is 14.5. The van der Waals surface area contributed by atoms with E-state index in [1.54, 1.807) is 42.5 Å². The summed E-state index contributed by atoms with van der Waals surface area (Å²) in [4.78, 5) is -1.15. The summed E-state index contributed by atoms with van der Waals surface area (Å²) in [5, 5.41) is 18.3. The van der Waals surface area contributed by atoms with Gasteiger partial charge in [-0.1, -0.05) is 42.5 Å². The molecule has 0 atom stereocenters. The van der Waals surface area contributed by atoms with Crippen molar-refractivity contribution in [2.45, 2.75) is 14.7 Å². The van der Waals surface area contributed by atoms with Crippen molar-refractivity contribution < 1.29 is 38.9 Å². The minimum atomic E-state index is -4.72. The minimum Gasteiger partial charge on any atom is -0.398 e. The molecule has 0 saturated heterocycles. The molecule has 6 aromatic rings. The first-order chi connectivity index (χ1) is 24.5. The van der Waals surface area contributed by atoms with Crippen LogP contribution in [-0.4, -0.2) is 38.9 Å². The summed E-state index contributed by atoms with van der Waals surface area (Å²) < 4.78 is 100. The second-order valence-electron chi connectivity index (χ2n) is 11.2. The van der Waals surface area contributed by atoms with Gasteiger partial charge in [-0.3, -0.25) is 13.7 Å². The lowest BCUT2D eigenvalue weighted by molar-refractivity contribution is 0.481. The van der Waals surface area contributed by atoms with Crippen LogP contribution in [0.3, 0.4) is 0 Å². The Balaban J connectivity index is 1.24. The van der Waals surface area contributed by atoms with Gasteiger partial charge in [0, 0.05) is 32.9 Å². The van der Waals surface area contributed by atoms with Gasteiger partial charge in [0.15, 0.2) is 0 Å². The smallest absolute Gasteiger partial charge is 0.295 e. The molecule has 15 nitrogen and oxygen atoms in total. The third-order valence-corrected chi connectivity index (χ3v) is 10.4. The molecule has 18 heteroatoms. The highest BCUT2D eigenvalue weighted by Gasteiger charge is 2.17. The monoisotopic (exact) mass is 758 g/mol. The average Bonchev–Trinajstić information content (AvgIpc) is 3.09. The number of nitrogen functional groups attached to an aromatic ring is 2. The highest BCUT2D eigenvalue weighted by atomic mass is 32.2. The number of hydrogen-bond acceptors (Lipinski definition) is 12. The molecule has 0 aromatic heterocycles. The number of benzene rings is 6. The van der Waals surface area contributed by atoms with Crippen LogP contribution in [0.5, 0.6) is 0 Å². The Morgan fingerprint density at radius 1 is 0.462 bits per heavy atom. The van der Waals surface area contributed by atoms with Gasteiger partial charge >= 0.3 is 0 Å². The predicted molar refractivity (Wildman–Crippen MR) is 196 cm³/mol. The molecule has 6 rings (SSSR count). The van der Waals surface area contributed by atoms with Crippen molar-refractivity contribution in [3.8, 4) is 0 Å². The van der Waals surface area contributed by atoms with E-state index in [2.05, 4.69) is 20.5 Å². The van der Waals surface area contributed by atoms with Crippen molar-refractivity contribution in [1.82, 2.24) is 0 Å². The van der Waals surface area contributed by atoms with E-state index < -0.39 is 35.2 Å². The summed E-state index contributed by atoms with van der Waals surface area (Å²) in [5.74, 6) is 0. The van der Waals surface area contributed by atoms with Crippen LogP contribution < -0.4 is 11.5 Å². The first-order valence-electron chi connectivity index (χ1n) is 14.8. The van der Waals surface area contributed by atoms with Gasteiger partial charge in [-0.25, -0.2) is 0 Å². The molecule has 0 aliphatic heterocycles. The molecule has 0 radical (unpaired) electrons. The zero-order valence-electron chi connectivity index (χ0n) is 26.4. The Labute approximate surface area is 296 Å². The van der Waals surface area contributed by atoms with Crippen molar-refractivity contribution in [3.05, 3.63) is 114 Å². The summed E-state index contributed by atoms with van der Waals surface area (Å²) in [7, 11) is -13.7. The topological polar surface area (TPSA) is 265 Å². The van der Waals surface area contributed by atoms with Gasteiger partial charge in [0.2, 0.25) is 0 Å². The van der Waals surface area contributed by atoms with Crippen LogP contribution in [0.15, 0.2) is 138 Å². The van der Waals surface area contributed by atoms with Gasteiger partial charge in [0.1, 0.15) is 4.90 Å². The summed E-state index contributed by atoms with van der Waals surface area (Å²) >= 11 is 0. The van der Waals surface area contributed by atoms with Gasteiger partial charge in [-0.05, 0) is 83.9 Å². The lowest BCUT2D eigenvalue weighted by atomic mass is 10.1. The first-order valence-corrected chi connectivity index (χ1v) is 19.1. The fraction of sp³-hybridized carbons (Fsp3) is 0. The largest absolute Gasteiger partial charge is 0.398 e. The lowest BCUT2D eigenvalue weighted by Gasteiger charge is -2.07. The molecule has 264 valence electrons. The van der Waals surface area contributed by atoms with Gasteiger partial charge < -0.3 is 11.5 Å². The molecule has 0 aliphatic carbocycles. The van der Waals surface area contributed by atoms with E-state index in [-0.39, 0.29) is 32.1 Å². The SMILES string of the molecule is Nc1ccc(N=Nc2ccc(/C=C/c3ccc(N=Nc4ccc(N)c5ccc(S(=O)(=O)O)cc45)cc3S(=O)(=O)O)cc2)c2cc(S(=O)(=O)O)ccc12. The van der Waals surface area contributed by atoms with Crippen molar-refractivity contribution >= 4 is 98.2 Å². The summed E-state index contributed by atoms with van der Waals surface area (Å²) in [6.45, 7) is 0. The number of nitrogens with two attached hydrogens (primary N) is 2. The number of azo groups is 2. The third-order valence-electron chi connectivity index (χ3n) is 7.76. The molecule has 7 N–H and O–H groups in total. The molecular formula is C34H26N6O9S3. The normalized spacial score (nSPS) is 12.9. The Morgan fingerprint density at radius 2 is 0.942 bits per heavy atom. The quantitative estimate of drug-likeness (QED) is 0.0409. The third kappa shape index (κ3) is 7.86. The second-order valence-corrected chi connectivity index (χ2v) is 15.5. The zero-order valence-corrected chi connectivity index (χ0v) is 28.9. The van der Waals surface area contributed by atoms with Gasteiger partial charge in [0.05, 0.1) is 32.5 Å². The molecule has 0 bridgehead atoms. The molecule has 0 heterocycles. The second kappa shape index (κ2) is 13.7. The molecule has 0 amide bonds. The summed E-state index contributed by atoms with van der Waals surface area (Å²) in [6, 6.07) is 24.6. The Kier molecular flexibility index (Phi) is 9.45. The van der Waals surface area contributed by atoms with E-state index in [9.17, 15) is 38.9 Å². The Bertz CT molecular complexity index is 2840. The van der Waals surface area contributed by atoms with Gasteiger partial charge in [-0.2, -0.15) is 35.5 Å². The molecule has 0 fully saturated rings. The molecule has 6 aromatic carbocycles. The molecule has 52 heavy (non-hydrogen) atoms. The number of nitrogens with zero attached hydrogens (tertiary/aromatic N) is 4. The molecular weight excluding hydrogens is 733 g/mol. The maximum atomic E-state index is 12.3. The van der Waals surface area contributed by atoms with E-state index in [4.69, 9.17) is 11.5 Å². The molecule has 0 aliphatic rings. The van der Waals surface area contributed by atoms with Crippen LogP contribution in [-0.2, 0) is 30.4 Å². The van der Waals surface area contributed by atoms with E-state index in [0.29, 0.717) is 44.5 Å². The van der Waals surface area contributed by atoms with Crippen LogP contribution in [0.4, 0.5) is 34.1 Å². The number of hydrogen-bond donors (Lipinski definition) is 5. The van der Waals surface area contributed by atoms with E-state index in [1.165, 1.54) is 66.7 Å². The van der Waals surface area contributed by atoms with Crippen LogP contribution in [0.2, 0.25) is 0 Å².